The quantitative estimate of drug-likeness (QED) is 0.627. The van der Waals surface area contributed by atoms with Crippen LogP contribution in [0.15, 0.2) is 11.0 Å². The van der Waals surface area contributed by atoms with Crippen molar-refractivity contribution in [2.24, 2.45) is 0 Å². The summed E-state index contributed by atoms with van der Waals surface area (Å²) in [6.45, 7) is 1.84. The maximum Gasteiger partial charge on any atom is 0.333 e. The van der Waals surface area contributed by atoms with E-state index in [0.717, 1.165) is 0 Å². The van der Waals surface area contributed by atoms with Crippen molar-refractivity contribution in [2.75, 3.05) is 5.73 Å². The van der Waals surface area contributed by atoms with Gasteiger partial charge in [-0.3, -0.25) is 4.57 Å². The maximum absolute atomic E-state index is 12.7. The van der Waals surface area contributed by atoms with Gasteiger partial charge in [0.15, 0.2) is 11.9 Å². The fraction of sp³-hybridized carbons (Fsp3) is 0.533. The van der Waals surface area contributed by atoms with Crippen LogP contribution in [-0.2, 0) is 11.3 Å². The van der Waals surface area contributed by atoms with Crippen LogP contribution in [0, 0.1) is 12.3 Å². The number of fused-ring (bicyclic) bond motifs is 1. The molecule has 0 aliphatic carbocycles. The Balaban J connectivity index is 2.13. The molecular formula is C15H19N5O4. The number of aromatic nitrogens is 4. The lowest BCUT2D eigenvalue weighted by atomic mass is 10.1. The molecular weight excluding hydrogens is 314 g/mol. The minimum absolute atomic E-state index is 0.00765. The summed E-state index contributed by atoms with van der Waals surface area (Å²) < 4.78 is 8.26. The van der Waals surface area contributed by atoms with Crippen molar-refractivity contribution >= 4 is 17.1 Å². The van der Waals surface area contributed by atoms with Gasteiger partial charge in [0.1, 0.15) is 11.6 Å². The molecule has 9 nitrogen and oxygen atoms in total. The van der Waals surface area contributed by atoms with E-state index in [1.54, 1.807) is 0 Å². The molecule has 4 atom stereocenters. The smallest absolute Gasteiger partial charge is 0.333 e. The molecule has 0 radical (unpaired) electrons. The van der Waals surface area contributed by atoms with Gasteiger partial charge in [0.2, 0.25) is 5.95 Å². The molecule has 1 aliphatic heterocycles. The molecule has 24 heavy (non-hydrogen) atoms. The number of nitrogens with two attached hydrogens (primary N) is 1. The van der Waals surface area contributed by atoms with Crippen LogP contribution in [0.25, 0.3) is 11.2 Å². The van der Waals surface area contributed by atoms with E-state index in [0.29, 0.717) is 11.9 Å². The van der Waals surface area contributed by atoms with E-state index in [-0.39, 0.29) is 24.6 Å². The zero-order chi connectivity index (χ0) is 17.4. The summed E-state index contributed by atoms with van der Waals surface area (Å²) in [5.74, 6) is 2.39. The number of nitrogen functional groups attached to an aromatic ring is 1. The van der Waals surface area contributed by atoms with Crippen molar-refractivity contribution in [3.05, 3.63) is 16.7 Å². The maximum atomic E-state index is 12.7. The van der Waals surface area contributed by atoms with Gasteiger partial charge >= 0.3 is 5.69 Å². The summed E-state index contributed by atoms with van der Waals surface area (Å²) in [5, 5.41) is 20.3. The first kappa shape index (κ1) is 16.4. The highest BCUT2D eigenvalue weighted by Crippen LogP contribution is 2.32. The predicted molar refractivity (Wildman–Crippen MR) is 85.9 cm³/mol. The van der Waals surface area contributed by atoms with Crippen molar-refractivity contribution in [3.8, 4) is 12.3 Å². The van der Waals surface area contributed by atoms with Gasteiger partial charge in [-0.2, -0.15) is 4.98 Å². The topological polar surface area (TPSA) is 128 Å². The molecule has 1 aliphatic rings. The van der Waals surface area contributed by atoms with E-state index < -0.39 is 30.2 Å². The van der Waals surface area contributed by atoms with E-state index in [9.17, 15) is 15.0 Å². The van der Waals surface area contributed by atoms with Gasteiger partial charge in [0.25, 0.3) is 0 Å². The Morgan fingerprint density at radius 3 is 3.04 bits per heavy atom. The number of imidazole rings is 1. The fourth-order valence-corrected chi connectivity index (χ4v) is 2.97. The molecule has 4 N–H and O–H groups in total. The SMILES string of the molecule is C#CCn1c(=O)n([C@@H]2O[C@H](C(O)CC)C[C@H]2O)c2nc(N)ncc21. The summed E-state index contributed by atoms with van der Waals surface area (Å²) in [4.78, 5) is 20.7. The summed E-state index contributed by atoms with van der Waals surface area (Å²) in [6.07, 6.45) is 4.21. The number of rotatable bonds is 4. The molecule has 0 spiro atoms. The fourth-order valence-electron chi connectivity index (χ4n) is 2.97. The largest absolute Gasteiger partial charge is 0.390 e. The molecule has 1 fully saturated rings. The van der Waals surface area contributed by atoms with Crippen LogP contribution in [0.5, 0.6) is 0 Å². The van der Waals surface area contributed by atoms with Crippen molar-refractivity contribution < 1.29 is 14.9 Å². The van der Waals surface area contributed by atoms with Gasteiger partial charge in [0.05, 0.1) is 24.9 Å². The van der Waals surface area contributed by atoms with Crippen molar-refractivity contribution in [1.29, 1.82) is 0 Å². The molecule has 128 valence electrons. The Morgan fingerprint density at radius 1 is 1.62 bits per heavy atom. The second-order valence-electron chi connectivity index (χ2n) is 5.72. The molecule has 1 saturated heterocycles. The molecule has 0 aromatic carbocycles. The molecule has 3 heterocycles. The Kier molecular flexibility index (Phi) is 4.28. The lowest BCUT2D eigenvalue weighted by molar-refractivity contribution is -0.0759. The minimum Gasteiger partial charge on any atom is -0.390 e. The molecule has 2 aromatic rings. The van der Waals surface area contributed by atoms with Crippen LogP contribution in [-0.4, -0.2) is 47.6 Å². The zero-order valence-corrected chi connectivity index (χ0v) is 13.2. The highest BCUT2D eigenvalue weighted by molar-refractivity contribution is 5.72. The van der Waals surface area contributed by atoms with Gasteiger partial charge in [-0.15, -0.1) is 6.42 Å². The van der Waals surface area contributed by atoms with Gasteiger partial charge in [-0.1, -0.05) is 12.8 Å². The molecule has 0 bridgehead atoms. The Morgan fingerprint density at radius 2 is 2.38 bits per heavy atom. The summed E-state index contributed by atoms with van der Waals surface area (Å²) >= 11 is 0. The lowest BCUT2D eigenvalue weighted by Gasteiger charge is -2.18. The van der Waals surface area contributed by atoms with E-state index in [1.807, 2.05) is 6.92 Å². The van der Waals surface area contributed by atoms with Gasteiger partial charge in [-0.25, -0.2) is 14.3 Å². The predicted octanol–water partition coefficient (Wildman–Crippen LogP) is -0.772. The summed E-state index contributed by atoms with van der Waals surface area (Å²) in [6, 6.07) is 0. The van der Waals surface area contributed by atoms with E-state index in [4.69, 9.17) is 16.9 Å². The average molecular weight is 333 g/mol. The summed E-state index contributed by atoms with van der Waals surface area (Å²) in [7, 11) is 0. The normalized spacial score (nSPS) is 25.0. The molecule has 0 saturated carbocycles. The number of hydrogen-bond acceptors (Lipinski definition) is 7. The third-order valence-corrected chi connectivity index (χ3v) is 4.19. The van der Waals surface area contributed by atoms with Crippen molar-refractivity contribution in [3.63, 3.8) is 0 Å². The van der Waals surface area contributed by atoms with Crippen molar-refractivity contribution in [2.45, 2.75) is 50.8 Å². The summed E-state index contributed by atoms with van der Waals surface area (Å²) in [5.41, 5.74) is 5.79. The number of terminal acetylenes is 1. The van der Waals surface area contributed by atoms with Crippen LogP contribution in [0.2, 0.25) is 0 Å². The van der Waals surface area contributed by atoms with Crippen LogP contribution >= 0.6 is 0 Å². The second kappa shape index (κ2) is 6.24. The molecule has 3 rings (SSSR count). The van der Waals surface area contributed by atoms with Crippen LogP contribution in [0.4, 0.5) is 5.95 Å². The lowest BCUT2D eigenvalue weighted by Crippen LogP contribution is -2.32. The van der Waals surface area contributed by atoms with Crippen molar-refractivity contribution in [1.82, 2.24) is 19.1 Å². The van der Waals surface area contributed by atoms with Crippen LogP contribution in [0.1, 0.15) is 26.0 Å². The van der Waals surface area contributed by atoms with E-state index >= 15 is 0 Å². The first-order chi connectivity index (χ1) is 11.5. The molecule has 9 heteroatoms. The zero-order valence-electron chi connectivity index (χ0n) is 13.2. The molecule has 0 amide bonds. The van der Waals surface area contributed by atoms with E-state index in [2.05, 4.69) is 15.9 Å². The van der Waals surface area contributed by atoms with Gasteiger partial charge in [-0.05, 0) is 6.42 Å². The highest BCUT2D eigenvalue weighted by atomic mass is 16.5. The number of anilines is 1. The van der Waals surface area contributed by atoms with Gasteiger partial charge in [0, 0.05) is 6.42 Å². The number of nitrogens with zero attached hydrogens (tertiary/aromatic N) is 4. The second-order valence-corrected chi connectivity index (χ2v) is 5.72. The number of hydrogen-bond donors (Lipinski definition) is 3. The third kappa shape index (κ3) is 2.54. The molecule has 1 unspecified atom stereocenters. The Labute approximate surface area is 137 Å². The van der Waals surface area contributed by atoms with E-state index in [1.165, 1.54) is 15.3 Å². The monoisotopic (exact) mass is 333 g/mol. The molecule has 2 aromatic heterocycles. The third-order valence-electron chi connectivity index (χ3n) is 4.19. The first-order valence-electron chi connectivity index (χ1n) is 7.66. The number of aliphatic hydroxyl groups excluding tert-OH is 2. The average Bonchev–Trinajstić information content (AvgIpc) is 3.05. The van der Waals surface area contributed by atoms with Crippen LogP contribution < -0.4 is 11.4 Å². The minimum atomic E-state index is -0.973. The first-order valence-corrected chi connectivity index (χ1v) is 7.66. The van der Waals surface area contributed by atoms with Crippen LogP contribution in [0.3, 0.4) is 0 Å². The number of aliphatic hydroxyl groups is 2. The Bertz CT molecular complexity index is 852. The Hall–Kier alpha value is -2.41. The highest BCUT2D eigenvalue weighted by Gasteiger charge is 2.40. The standard InChI is InChI=1S/C15H19N5O4/c1-3-5-19-8-7-17-14(16)18-12(8)20(15(19)23)13-10(22)6-11(24-13)9(21)4-2/h1,7,9-11,13,21-22H,4-6H2,2H3,(H2,16,17,18)/t9?,10-,11+,13-/m1/s1. The van der Waals surface area contributed by atoms with Gasteiger partial charge < -0.3 is 20.7 Å². The number of ether oxygens (including phenoxy) is 1.